The molecule has 0 spiro atoms. The first-order valence-electron chi connectivity index (χ1n) is 12.5. The second-order valence-corrected chi connectivity index (χ2v) is 9.38. The number of anilines is 1. The van der Waals surface area contributed by atoms with Gasteiger partial charge < -0.3 is 14.5 Å². The van der Waals surface area contributed by atoms with Crippen LogP contribution in [0.2, 0.25) is 0 Å². The fraction of sp³-hybridized carbons (Fsp3) is 0.276. The minimum absolute atomic E-state index is 0.120. The van der Waals surface area contributed by atoms with Crippen molar-refractivity contribution >= 4 is 22.6 Å². The summed E-state index contributed by atoms with van der Waals surface area (Å²) in [7, 11) is 0. The molecule has 2 aliphatic heterocycles. The number of hydrogen-bond acceptors (Lipinski definition) is 6. The van der Waals surface area contributed by atoms with E-state index in [0.29, 0.717) is 32.7 Å². The molecule has 3 aromatic carbocycles. The average Bonchev–Trinajstić information content (AvgIpc) is 3.12. The fourth-order valence-electron chi connectivity index (χ4n) is 5.14. The molecule has 1 fully saturated rings. The largest absolute Gasteiger partial charge is 0.484 e. The van der Waals surface area contributed by atoms with Crippen molar-refractivity contribution in [3.05, 3.63) is 96.3 Å². The van der Waals surface area contributed by atoms with Gasteiger partial charge >= 0.3 is 0 Å². The van der Waals surface area contributed by atoms with Crippen molar-refractivity contribution in [3.63, 3.8) is 0 Å². The van der Waals surface area contributed by atoms with E-state index in [1.807, 2.05) is 59.5 Å². The van der Waals surface area contributed by atoms with Gasteiger partial charge in [-0.1, -0.05) is 60.7 Å². The van der Waals surface area contributed by atoms with Crippen LogP contribution in [0.4, 0.5) is 5.82 Å². The summed E-state index contributed by atoms with van der Waals surface area (Å²) in [5.74, 6) is 2.00. The predicted molar refractivity (Wildman–Crippen MR) is 140 cm³/mol. The molecule has 1 aromatic heterocycles. The molecule has 7 nitrogen and oxygen atoms in total. The van der Waals surface area contributed by atoms with Crippen LogP contribution < -0.4 is 9.64 Å². The first kappa shape index (κ1) is 22.5. The number of piperazine rings is 1. The Bertz CT molecular complexity index is 1350. The van der Waals surface area contributed by atoms with Crippen LogP contribution in [0.1, 0.15) is 17.2 Å². The predicted octanol–water partition coefficient (Wildman–Crippen LogP) is 3.91. The van der Waals surface area contributed by atoms with Crippen LogP contribution in [0.25, 0.3) is 10.9 Å². The van der Waals surface area contributed by atoms with E-state index < -0.39 is 0 Å². The van der Waals surface area contributed by atoms with Crippen LogP contribution in [-0.4, -0.2) is 64.9 Å². The fourth-order valence-corrected chi connectivity index (χ4v) is 5.14. The minimum Gasteiger partial charge on any atom is -0.484 e. The highest BCUT2D eigenvalue weighted by Gasteiger charge is 2.28. The number of aromatic nitrogens is 2. The molecule has 7 heteroatoms. The molecule has 0 radical (unpaired) electrons. The summed E-state index contributed by atoms with van der Waals surface area (Å²) in [5.41, 5.74) is 3.18. The van der Waals surface area contributed by atoms with E-state index in [0.717, 1.165) is 46.7 Å². The molecule has 0 N–H and O–H groups in total. The monoisotopic (exact) mass is 479 g/mol. The van der Waals surface area contributed by atoms with E-state index in [1.165, 1.54) is 0 Å². The molecule has 0 unspecified atom stereocenters. The number of benzene rings is 3. The molecule has 0 saturated carbocycles. The van der Waals surface area contributed by atoms with E-state index in [-0.39, 0.29) is 12.0 Å². The average molecular weight is 480 g/mol. The van der Waals surface area contributed by atoms with Gasteiger partial charge in [0.15, 0.2) is 0 Å². The smallest absolute Gasteiger partial charge is 0.236 e. The first-order chi connectivity index (χ1) is 17.7. The third-order valence-electron chi connectivity index (χ3n) is 7.04. The summed E-state index contributed by atoms with van der Waals surface area (Å²) >= 11 is 0. The van der Waals surface area contributed by atoms with Crippen molar-refractivity contribution in [1.82, 2.24) is 19.8 Å². The van der Waals surface area contributed by atoms with Gasteiger partial charge in [-0.3, -0.25) is 9.69 Å². The zero-order chi connectivity index (χ0) is 24.3. The Kier molecular flexibility index (Phi) is 6.22. The molecular weight excluding hydrogens is 450 g/mol. The Hall–Kier alpha value is -3.97. The number of nitrogens with zero attached hydrogens (tertiary/aromatic N) is 5. The van der Waals surface area contributed by atoms with Crippen molar-refractivity contribution in [3.8, 4) is 5.75 Å². The normalized spacial score (nSPS) is 18.4. The van der Waals surface area contributed by atoms with Gasteiger partial charge in [0.25, 0.3) is 0 Å². The van der Waals surface area contributed by atoms with Crippen LogP contribution >= 0.6 is 0 Å². The summed E-state index contributed by atoms with van der Waals surface area (Å²) < 4.78 is 6.41. The summed E-state index contributed by atoms with van der Waals surface area (Å²) in [6, 6.07) is 26.5. The Morgan fingerprint density at radius 2 is 1.61 bits per heavy atom. The third-order valence-corrected chi connectivity index (χ3v) is 7.04. The zero-order valence-electron chi connectivity index (χ0n) is 20.2. The highest BCUT2D eigenvalue weighted by Crippen LogP contribution is 2.31. The lowest BCUT2D eigenvalue weighted by molar-refractivity contribution is -0.133. The van der Waals surface area contributed by atoms with Crippen molar-refractivity contribution in [2.24, 2.45) is 0 Å². The third kappa shape index (κ3) is 4.62. The van der Waals surface area contributed by atoms with Crippen LogP contribution in [-0.2, 0) is 11.3 Å². The topological polar surface area (TPSA) is 61.8 Å². The maximum Gasteiger partial charge on any atom is 0.236 e. The second-order valence-electron chi connectivity index (χ2n) is 9.38. The number of hydrogen-bond donors (Lipinski definition) is 0. The number of para-hydroxylation sites is 2. The van der Waals surface area contributed by atoms with E-state index in [9.17, 15) is 4.79 Å². The molecule has 6 rings (SSSR count). The molecule has 2 aliphatic rings. The number of rotatable bonds is 4. The number of fused-ring (bicyclic) bond motifs is 2. The Labute approximate surface area is 210 Å². The molecule has 1 amide bonds. The van der Waals surface area contributed by atoms with Gasteiger partial charge in [0, 0.05) is 50.2 Å². The summed E-state index contributed by atoms with van der Waals surface area (Å²) in [6.07, 6.45) is 1.50. The van der Waals surface area contributed by atoms with Gasteiger partial charge in [-0.15, -0.1) is 0 Å². The molecule has 182 valence electrons. The Morgan fingerprint density at radius 3 is 2.47 bits per heavy atom. The van der Waals surface area contributed by atoms with E-state index in [2.05, 4.69) is 44.0 Å². The standard InChI is InChI=1S/C29H29N5O2/c35-28(33-14-16-34(17-15-33)29-24-11-5-6-12-25(24)30-21-31-29)20-32-18-23-10-4-7-13-26(23)36-27(19-32)22-8-2-1-3-9-22/h1-13,21,27H,14-20H2/t27-/m1/s1. The maximum absolute atomic E-state index is 13.4. The van der Waals surface area contributed by atoms with Gasteiger partial charge in [-0.2, -0.15) is 0 Å². The zero-order valence-corrected chi connectivity index (χ0v) is 20.2. The maximum atomic E-state index is 13.4. The van der Waals surface area contributed by atoms with Crippen molar-refractivity contribution in [2.75, 3.05) is 44.2 Å². The summed E-state index contributed by atoms with van der Waals surface area (Å²) in [6.45, 7) is 4.60. The van der Waals surface area contributed by atoms with Crippen molar-refractivity contribution < 1.29 is 9.53 Å². The van der Waals surface area contributed by atoms with Crippen LogP contribution in [0, 0.1) is 0 Å². The minimum atomic E-state index is -0.120. The molecule has 0 aliphatic carbocycles. The van der Waals surface area contributed by atoms with Crippen molar-refractivity contribution in [1.29, 1.82) is 0 Å². The molecule has 36 heavy (non-hydrogen) atoms. The highest BCUT2D eigenvalue weighted by molar-refractivity contribution is 5.89. The van der Waals surface area contributed by atoms with Gasteiger partial charge in [0.1, 0.15) is 24.0 Å². The highest BCUT2D eigenvalue weighted by atomic mass is 16.5. The quantitative estimate of drug-likeness (QED) is 0.442. The number of amides is 1. The second kappa shape index (κ2) is 9.95. The summed E-state index contributed by atoms with van der Waals surface area (Å²) in [5, 5.41) is 1.05. The van der Waals surface area contributed by atoms with Gasteiger partial charge in [-0.25, -0.2) is 9.97 Å². The Balaban J connectivity index is 1.14. The number of carbonyl (C=O) groups excluding carboxylic acids is 1. The van der Waals surface area contributed by atoms with Gasteiger partial charge in [0.05, 0.1) is 12.1 Å². The molecule has 1 saturated heterocycles. The lowest BCUT2D eigenvalue weighted by atomic mass is 10.1. The lowest BCUT2D eigenvalue weighted by Crippen LogP contribution is -2.51. The van der Waals surface area contributed by atoms with E-state index in [1.54, 1.807) is 6.33 Å². The molecule has 3 heterocycles. The van der Waals surface area contributed by atoms with E-state index >= 15 is 0 Å². The van der Waals surface area contributed by atoms with Gasteiger partial charge in [-0.05, 0) is 23.8 Å². The summed E-state index contributed by atoms with van der Waals surface area (Å²) in [4.78, 5) is 28.8. The Morgan fingerprint density at radius 1 is 0.861 bits per heavy atom. The van der Waals surface area contributed by atoms with Crippen molar-refractivity contribution in [2.45, 2.75) is 12.6 Å². The van der Waals surface area contributed by atoms with Crippen LogP contribution in [0.5, 0.6) is 5.75 Å². The lowest BCUT2D eigenvalue weighted by Gasteiger charge is -2.36. The molecular formula is C29H29N5O2. The number of ether oxygens (including phenoxy) is 1. The van der Waals surface area contributed by atoms with Crippen LogP contribution in [0.3, 0.4) is 0 Å². The van der Waals surface area contributed by atoms with Crippen LogP contribution in [0.15, 0.2) is 85.2 Å². The SMILES string of the molecule is O=C(CN1Cc2ccccc2O[C@@H](c2ccccc2)C1)N1CCN(c2ncnc3ccccc23)CC1. The van der Waals surface area contributed by atoms with Gasteiger partial charge in [0.2, 0.25) is 5.91 Å². The number of carbonyl (C=O) groups is 1. The molecule has 1 atom stereocenters. The van der Waals surface area contributed by atoms with E-state index in [4.69, 9.17) is 4.74 Å². The molecule has 0 bridgehead atoms. The first-order valence-corrected chi connectivity index (χ1v) is 12.5. The molecule has 4 aromatic rings.